The molecule has 0 amide bonds. The summed E-state index contributed by atoms with van der Waals surface area (Å²) in [5.41, 5.74) is 0.242. The highest BCUT2D eigenvalue weighted by molar-refractivity contribution is 7.89. The van der Waals surface area contributed by atoms with Gasteiger partial charge in [0.2, 0.25) is 10.0 Å². The van der Waals surface area contributed by atoms with E-state index in [9.17, 15) is 8.42 Å². The molecule has 0 heterocycles. The lowest BCUT2D eigenvalue weighted by atomic mass is 10.1. The number of methoxy groups -OCH3 is 2. The molecule has 0 spiro atoms. The maximum absolute atomic E-state index is 12.7. The first-order chi connectivity index (χ1) is 11.4. The minimum atomic E-state index is -3.67. The summed E-state index contributed by atoms with van der Waals surface area (Å²) in [5, 5.41) is 0.383. The summed E-state index contributed by atoms with van der Waals surface area (Å²) in [6.07, 6.45) is 1.45. The third kappa shape index (κ3) is 3.22. The second-order valence-electron chi connectivity index (χ2n) is 5.71. The number of halogens is 1. The molecule has 0 unspecified atom stereocenters. The Morgan fingerprint density at radius 3 is 2.33 bits per heavy atom. The number of hydrogen-bond donors (Lipinski definition) is 1. The van der Waals surface area contributed by atoms with Crippen molar-refractivity contribution < 1.29 is 17.9 Å². The molecule has 0 radical (unpaired) electrons. The van der Waals surface area contributed by atoms with Crippen LogP contribution < -0.4 is 14.2 Å². The lowest BCUT2D eigenvalue weighted by molar-refractivity contribution is 0.354. The minimum Gasteiger partial charge on any atom is -0.493 e. The first-order valence-corrected chi connectivity index (χ1v) is 9.28. The Balaban J connectivity index is 1.92. The van der Waals surface area contributed by atoms with Crippen LogP contribution in [-0.4, -0.2) is 22.6 Å². The first-order valence-electron chi connectivity index (χ1n) is 7.42. The zero-order valence-corrected chi connectivity index (χ0v) is 14.9. The van der Waals surface area contributed by atoms with E-state index in [-0.39, 0.29) is 4.90 Å². The second kappa shape index (κ2) is 6.27. The smallest absolute Gasteiger partial charge is 0.241 e. The molecule has 5 nitrogen and oxygen atoms in total. The molecule has 0 atom stereocenters. The van der Waals surface area contributed by atoms with Crippen LogP contribution in [0.3, 0.4) is 0 Å². The zero-order valence-electron chi connectivity index (χ0n) is 13.4. The fourth-order valence-electron chi connectivity index (χ4n) is 2.66. The number of hydrogen-bond acceptors (Lipinski definition) is 4. The van der Waals surface area contributed by atoms with Crippen LogP contribution in [0.25, 0.3) is 0 Å². The number of benzene rings is 2. The molecular formula is C17H18ClNO4S. The molecule has 1 N–H and O–H groups in total. The molecule has 0 aliphatic heterocycles. The van der Waals surface area contributed by atoms with Gasteiger partial charge >= 0.3 is 0 Å². The van der Waals surface area contributed by atoms with Crippen LogP contribution in [0.2, 0.25) is 5.02 Å². The molecule has 2 aromatic carbocycles. The fourth-order valence-corrected chi connectivity index (χ4v) is 4.41. The summed E-state index contributed by atoms with van der Waals surface area (Å²) >= 11 is 5.91. The Morgan fingerprint density at radius 1 is 1.04 bits per heavy atom. The van der Waals surface area contributed by atoms with Crippen molar-refractivity contribution in [3.05, 3.63) is 53.1 Å². The molecular weight excluding hydrogens is 350 g/mol. The molecule has 3 rings (SSSR count). The Hall–Kier alpha value is -1.76. The van der Waals surface area contributed by atoms with E-state index in [2.05, 4.69) is 4.72 Å². The minimum absolute atomic E-state index is 0.154. The Morgan fingerprint density at radius 2 is 1.75 bits per heavy atom. The van der Waals surface area contributed by atoms with Crippen molar-refractivity contribution in [2.24, 2.45) is 0 Å². The average molecular weight is 368 g/mol. The summed E-state index contributed by atoms with van der Waals surface area (Å²) < 4.78 is 38.7. The highest BCUT2D eigenvalue weighted by Crippen LogP contribution is 2.48. The predicted octanol–water partition coefficient (Wildman–Crippen LogP) is 3.32. The van der Waals surface area contributed by atoms with Gasteiger partial charge in [-0.25, -0.2) is 13.1 Å². The van der Waals surface area contributed by atoms with Crippen molar-refractivity contribution in [3.63, 3.8) is 0 Å². The van der Waals surface area contributed by atoms with Crippen molar-refractivity contribution in [2.75, 3.05) is 14.2 Å². The summed E-state index contributed by atoms with van der Waals surface area (Å²) in [5.74, 6) is 1.18. The normalized spacial score (nSPS) is 15.8. The third-order valence-corrected chi connectivity index (χ3v) is 5.89. The van der Waals surface area contributed by atoms with Crippen LogP contribution in [0, 0.1) is 0 Å². The Labute approximate surface area is 146 Å². The molecule has 1 fully saturated rings. The Kier molecular flexibility index (Phi) is 4.46. The van der Waals surface area contributed by atoms with Gasteiger partial charge in [-0.15, -0.1) is 0 Å². The summed E-state index contributed by atoms with van der Waals surface area (Å²) in [7, 11) is -0.553. The number of nitrogens with one attached hydrogen (secondary N) is 1. The van der Waals surface area contributed by atoms with Gasteiger partial charge in [0.1, 0.15) is 0 Å². The molecule has 0 bridgehead atoms. The number of ether oxygens (including phenoxy) is 2. The highest BCUT2D eigenvalue weighted by atomic mass is 35.5. The maximum Gasteiger partial charge on any atom is 0.241 e. The fraction of sp³-hybridized carbons (Fsp3) is 0.294. The van der Waals surface area contributed by atoms with Gasteiger partial charge in [-0.2, -0.15) is 0 Å². The van der Waals surface area contributed by atoms with Gasteiger partial charge in [0.25, 0.3) is 0 Å². The molecule has 2 aromatic rings. The molecule has 1 aliphatic rings. The van der Waals surface area contributed by atoms with E-state index < -0.39 is 15.6 Å². The van der Waals surface area contributed by atoms with E-state index in [1.807, 2.05) is 12.1 Å². The van der Waals surface area contributed by atoms with Gasteiger partial charge in [0.05, 0.1) is 24.7 Å². The average Bonchev–Trinajstić information content (AvgIpc) is 3.34. The monoisotopic (exact) mass is 367 g/mol. The lowest BCUT2D eigenvalue weighted by Crippen LogP contribution is -2.34. The summed E-state index contributed by atoms with van der Waals surface area (Å²) in [4.78, 5) is 0.154. The zero-order chi connectivity index (χ0) is 17.4. The van der Waals surface area contributed by atoms with Gasteiger partial charge in [-0.3, -0.25) is 0 Å². The molecule has 24 heavy (non-hydrogen) atoms. The van der Waals surface area contributed by atoms with E-state index >= 15 is 0 Å². The van der Waals surface area contributed by atoms with E-state index in [4.69, 9.17) is 21.1 Å². The molecule has 7 heteroatoms. The first kappa shape index (κ1) is 17.1. The van der Waals surface area contributed by atoms with Crippen LogP contribution in [0.15, 0.2) is 47.4 Å². The number of sulfonamides is 1. The molecule has 0 saturated heterocycles. The molecule has 1 aliphatic carbocycles. The highest BCUT2D eigenvalue weighted by Gasteiger charge is 2.48. The quantitative estimate of drug-likeness (QED) is 0.850. The third-order valence-electron chi connectivity index (χ3n) is 4.12. The van der Waals surface area contributed by atoms with Crippen LogP contribution in [0.4, 0.5) is 0 Å². The van der Waals surface area contributed by atoms with Crippen molar-refractivity contribution in [1.29, 1.82) is 0 Å². The van der Waals surface area contributed by atoms with Gasteiger partial charge in [-0.05, 0) is 48.7 Å². The van der Waals surface area contributed by atoms with Crippen molar-refractivity contribution in [1.82, 2.24) is 4.72 Å². The predicted molar refractivity (Wildman–Crippen MR) is 92.2 cm³/mol. The largest absolute Gasteiger partial charge is 0.493 e. The Bertz CT molecular complexity index is 863. The maximum atomic E-state index is 12.7. The molecule has 0 aromatic heterocycles. The van der Waals surface area contributed by atoms with Crippen molar-refractivity contribution >= 4 is 21.6 Å². The van der Waals surface area contributed by atoms with E-state index in [0.717, 1.165) is 18.4 Å². The van der Waals surface area contributed by atoms with Crippen molar-refractivity contribution in [3.8, 4) is 11.5 Å². The van der Waals surface area contributed by atoms with Gasteiger partial charge in [0.15, 0.2) is 11.5 Å². The summed E-state index contributed by atoms with van der Waals surface area (Å²) in [6, 6.07) is 11.7. The SMILES string of the molecule is COc1ccc(C2(NS(=O)(=O)c3cccc(Cl)c3)CC2)cc1OC. The number of rotatable bonds is 6. The van der Waals surface area contributed by atoms with Crippen LogP contribution in [-0.2, 0) is 15.6 Å². The van der Waals surface area contributed by atoms with E-state index in [1.165, 1.54) is 12.1 Å². The van der Waals surface area contributed by atoms with Crippen molar-refractivity contribution in [2.45, 2.75) is 23.3 Å². The van der Waals surface area contributed by atoms with Gasteiger partial charge < -0.3 is 9.47 Å². The topological polar surface area (TPSA) is 64.6 Å². The van der Waals surface area contributed by atoms with E-state index in [1.54, 1.807) is 32.4 Å². The van der Waals surface area contributed by atoms with Crippen LogP contribution >= 0.6 is 11.6 Å². The van der Waals surface area contributed by atoms with Crippen LogP contribution in [0.1, 0.15) is 18.4 Å². The lowest BCUT2D eigenvalue weighted by Gasteiger charge is -2.19. The van der Waals surface area contributed by atoms with E-state index in [0.29, 0.717) is 16.5 Å². The van der Waals surface area contributed by atoms with Gasteiger partial charge in [0, 0.05) is 5.02 Å². The standard InChI is InChI=1S/C17H18ClNO4S/c1-22-15-7-6-12(10-16(15)23-2)17(8-9-17)19-24(20,21)14-5-3-4-13(18)11-14/h3-7,10-11,19H,8-9H2,1-2H3. The summed E-state index contributed by atoms with van der Waals surface area (Å²) in [6.45, 7) is 0. The second-order valence-corrected chi connectivity index (χ2v) is 7.83. The van der Waals surface area contributed by atoms with Gasteiger partial charge in [-0.1, -0.05) is 23.7 Å². The van der Waals surface area contributed by atoms with Crippen LogP contribution in [0.5, 0.6) is 11.5 Å². The molecule has 1 saturated carbocycles. The molecule has 128 valence electrons.